The fourth-order valence-corrected chi connectivity index (χ4v) is 2.08. The predicted octanol–water partition coefficient (Wildman–Crippen LogP) is 3.99. The van der Waals surface area contributed by atoms with Gasteiger partial charge < -0.3 is 10.1 Å². The summed E-state index contributed by atoms with van der Waals surface area (Å²) in [6.07, 6.45) is -3.60. The molecule has 7 heteroatoms. The second kappa shape index (κ2) is 7.33. The number of amides is 1. The third kappa shape index (κ3) is 4.47. The molecule has 0 aliphatic carbocycles. The maximum atomic E-state index is 12.5. The molecule has 1 unspecified atom stereocenters. The lowest BCUT2D eigenvalue weighted by atomic mass is 10.1. The van der Waals surface area contributed by atoms with Gasteiger partial charge in [0.1, 0.15) is 11.4 Å². The lowest BCUT2D eigenvalue weighted by molar-refractivity contribution is -0.141. The molecule has 1 atom stereocenters. The van der Waals surface area contributed by atoms with Gasteiger partial charge in [0.05, 0.1) is 18.2 Å². The molecule has 2 rings (SSSR count). The number of halogens is 3. The summed E-state index contributed by atoms with van der Waals surface area (Å²) in [6, 6.07) is 8.81. The third-order valence-electron chi connectivity index (χ3n) is 3.35. The Morgan fingerprint density at radius 1 is 1.21 bits per heavy atom. The first-order chi connectivity index (χ1) is 11.3. The van der Waals surface area contributed by atoms with Gasteiger partial charge in [0.2, 0.25) is 0 Å². The molecule has 24 heavy (non-hydrogen) atoms. The molecule has 0 aliphatic rings. The average Bonchev–Trinajstić information content (AvgIpc) is 2.55. The Balaban J connectivity index is 2.03. The molecule has 0 saturated heterocycles. The largest absolute Gasteiger partial charge is 0.494 e. The third-order valence-corrected chi connectivity index (χ3v) is 3.35. The molecule has 1 amide bonds. The van der Waals surface area contributed by atoms with Crippen LogP contribution in [0.25, 0.3) is 0 Å². The van der Waals surface area contributed by atoms with Crippen molar-refractivity contribution in [3.8, 4) is 5.75 Å². The van der Waals surface area contributed by atoms with Crippen molar-refractivity contribution in [3.63, 3.8) is 0 Å². The molecule has 2 aromatic rings. The molecular weight excluding hydrogens is 321 g/mol. The van der Waals surface area contributed by atoms with Gasteiger partial charge in [-0.2, -0.15) is 13.2 Å². The molecule has 0 bridgehead atoms. The van der Waals surface area contributed by atoms with Crippen LogP contribution in [-0.4, -0.2) is 17.5 Å². The van der Waals surface area contributed by atoms with Gasteiger partial charge in [0.15, 0.2) is 0 Å². The number of hydrogen-bond acceptors (Lipinski definition) is 3. The first-order valence-corrected chi connectivity index (χ1v) is 7.38. The second-order valence-corrected chi connectivity index (χ2v) is 5.13. The Bertz CT molecular complexity index is 682. The van der Waals surface area contributed by atoms with Gasteiger partial charge in [-0.05, 0) is 43.7 Å². The lowest BCUT2D eigenvalue weighted by Gasteiger charge is -2.15. The Hall–Kier alpha value is -2.57. The highest BCUT2D eigenvalue weighted by atomic mass is 19.4. The van der Waals surface area contributed by atoms with E-state index in [-0.39, 0.29) is 11.6 Å². The van der Waals surface area contributed by atoms with Crippen molar-refractivity contribution < 1.29 is 22.7 Å². The van der Waals surface area contributed by atoms with Crippen LogP contribution >= 0.6 is 0 Å². The summed E-state index contributed by atoms with van der Waals surface area (Å²) in [5.41, 5.74) is -0.105. The van der Waals surface area contributed by atoms with E-state index >= 15 is 0 Å². The number of carbonyl (C=O) groups excluding carboxylic acids is 1. The van der Waals surface area contributed by atoms with Crippen molar-refractivity contribution in [2.24, 2.45) is 0 Å². The topological polar surface area (TPSA) is 51.2 Å². The highest BCUT2D eigenvalue weighted by molar-refractivity contribution is 5.94. The van der Waals surface area contributed by atoms with Crippen molar-refractivity contribution in [2.75, 3.05) is 6.61 Å². The van der Waals surface area contributed by atoms with E-state index in [9.17, 15) is 18.0 Å². The number of ether oxygens (including phenoxy) is 1. The van der Waals surface area contributed by atoms with Crippen molar-refractivity contribution in [2.45, 2.75) is 26.1 Å². The summed E-state index contributed by atoms with van der Waals surface area (Å²) in [4.78, 5) is 15.4. The summed E-state index contributed by atoms with van der Waals surface area (Å²) < 4.78 is 42.7. The number of pyridine rings is 1. The van der Waals surface area contributed by atoms with Gasteiger partial charge in [0, 0.05) is 6.20 Å². The highest BCUT2D eigenvalue weighted by Crippen LogP contribution is 2.27. The lowest BCUT2D eigenvalue weighted by Crippen LogP contribution is -2.27. The van der Waals surface area contributed by atoms with Crippen LogP contribution in [0.5, 0.6) is 5.75 Å². The number of carbonyl (C=O) groups is 1. The molecule has 1 N–H and O–H groups in total. The van der Waals surface area contributed by atoms with E-state index in [1.54, 1.807) is 19.1 Å². The zero-order valence-electron chi connectivity index (χ0n) is 13.2. The van der Waals surface area contributed by atoms with Crippen molar-refractivity contribution in [1.82, 2.24) is 10.3 Å². The van der Waals surface area contributed by atoms with E-state index < -0.39 is 17.8 Å². The van der Waals surface area contributed by atoms with Crippen LogP contribution < -0.4 is 10.1 Å². The molecule has 1 aromatic carbocycles. The molecule has 0 spiro atoms. The average molecular weight is 338 g/mol. The summed E-state index contributed by atoms with van der Waals surface area (Å²) in [5, 5.41) is 2.72. The molecule has 0 aliphatic heterocycles. The number of aromatic nitrogens is 1. The predicted molar refractivity (Wildman–Crippen MR) is 82.7 cm³/mol. The van der Waals surface area contributed by atoms with Gasteiger partial charge in [-0.3, -0.25) is 9.78 Å². The van der Waals surface area contributed by atoms with Crippen LogP contribution in [0.3, 0.4) is 0 Å². The number of rotatable bonds is 5. The quantitative estimate of drug-likeness (QED) is 0.897. The molecular formula is C17H17F3N2O2. The number of benzene rings is 1. The molecule has 0 fully saturated rings. The minimum absolute atomic E-state index is 0.0702. The minimum Gasteiger partial charge on any atom is -0.494 e. The van der Waals surface area contributed by atoms with Crippen LogP contribution in [-0.2, 0) is 6.18 Å². The number of hydrogen-bond donors (Lipinski definition) is 1. The van der Waals surface area contributed by atoms with Gasteiger partial charge in [-0.1, -0.05) is 12.1 Å². The number of nitrogens with zero attached hydrogens (tertiary/aromatic N) is 1. The van der Waals surface area contributed by atoms with Crippen molar-refractivity contribution in [3.05, 3.63) is 59.4 Å². The molecule has 0 radical (unpaired) electrons. The van der Waals surface area contributed by atoms with E-state index in [2.05, 4.69) is 10.3 Å². The standard InChI is InChI=1S/C17H17F3N2O2/c1-3-24-14-7-4-12(5-8-14)11(2)22-16(23)13-6-9-15(21-10-13)17(18,19)20/h4-11H,3H2,1-2H3,(H,22,23). The number of nitrogens with one attached hydrogen (secondary N) is 1. The van der Waals surface area contributed by atoms with Crippen LogP contribution in [0.4, 0.5) is 13.2 Å². The fourth-order valence-electron chi connectivity index (χ4n) is 2.08. The summed E-state index contributed by atoms with van der Waals surface area (Å²) in [7, 11) is 0. The summed E-state index contributed by atoms with van der Waals surface area (Å²) >= 11 is 0. The monoisotopic (exact) mass is 338 g/mol. The smallest absolute Gasteiger partial charge is 0.433 e. The summed E-state index contributed by atoms with van der Waals surface area (Å²) in [6.45, 7) is 4.23. The van der Waals surface area contributed by atoms with Crippen LogP contribution in [0.2, 0.25) is 0 Å². The van der Waals surface area contributed by atoms with Gasteiger partial charge in [0.25, 0.3) is 5.91 Å². The van der Waals surface area contributed by atoms with Crippen LogP contribution in [0, 0.1) is 0 Å². The van der Waals surface area contributed by atoms with Gasteiger partial charge >= 0.3 is 6.18 Å². The second-order valence-electron chi connectivity index (χ2n) is 5.13. The Labute approximate surface area is 137 Å². The highest BCUT2D eigenvalue weighted by Gasteiger charge is 2.32. The fraction of sp³-hybridized carbons (Fsp3) is 0.294. The molecule has 0 saturated carbocycles. The summed E-state index contributed by atoms with van der Waals surface area (Å²) in [5.74, 6) is 0.240. The van der Waals surface area contributed by atoms with E-state index in [0.29, 0.717) is 6.61 Å². The molecule has 4 nitrogen and oxygen atoms in total. The maximum absolute atomic E-state index is 12.5. The van der Waals surface area contributed by atoms with Crippen LogP contribution in [0.1, 0.15) is 41.5 Å². The zero-order chi connectivity index (χ0) is 17.7. The SMILES string of the molecule is CCOc1ccc(C(C)NC(=O)c2ccc(C(F)(F)F)nc2)cc1. The molecule has 1 heterocycles. The van der Waals surface area contributed by atoms with E-state index in [0.717, 1.165) is 29.6 Å². The van der Waals surface area contributed by atoms with E-state index in [1.807, 2.05) is 19.1 Å². The van der Waals surface area contributed by atoms with Gasteiger partial charge in [-0.25, -0.2) is 0 Å². The Morgan fingerprint density at radius 2 is 1.88 bits per heavy atom. The zero-order valence-corrected chi connectivity index (χ0v) is 13.2. The van der Waals surface area contributed by atoms with Gasteiger partial charge in [-0.15, -0.1) is 0 Å². The van der Waals surface area contributed by atoms with Crippen molar-refractivity contribution >= 4 is 5.91 Å². The van der Waals surface area contributed by atoms with Crippen LogP contribution in [0.15, 0.2) is 42.6 Å². The Kier molecular flexibility index (Phi) is 5.43. The van der Waals surface area contributed by atoms with E-state index in [4.69, 9.17) is 4.74 Å². The molecule has 1 aromatic heterocycles. The van der Waals surface area contributed by atoms with E-state index in [1.165, 1.54) is 0 Å². The molecule has 128 valence electrons. The van der Waals surface area contributed by atoms with Crippen molar-refractivity contribution in [1.29, 1.82) is 0 Å². The Morgan fingerprint density at radius 3 is 2.38 bits per heavy atom. The first-order valence-electron chi connectivity index (χ1n) is 7.38. The minimum atomic E-state index is -4.52. The number of alkyl halides is 3. The maximum Gasteiger partial charge on any atom is 0.433 e. The first kappa shape index (κ1) is 17.8. The normalized spacial score (nSPS) is 12.5.